The number of rotatable bonds is 4. The molecule has 0 bridgehead atoms. The van der Waals surface area contributed by atoms with Gasteiger partial charge in [0.25, 0.3) is 5.91 Å². The molecule has 0 aliphatic carbocycles. The van der Waals surface area contributed by atoms with Gasteiger partial charge in [-0.15, -0.1) is 11.3 Å². The molecule has 3 N–H and O–H groups in total. The summed E-state index contributed by atoms with van der Waals surface area (Å²) in [6.45, 7) is 0.707. The molecule has 106 valence electrons. The van der Waals surface area contributed by atoms with Crippen molar-refractivity contribution in [1.29, 1.82) is 0 Å². The minimum absolute atomic E-state index is 0.169. The van der Waals surface area contributed by atoms with E-state index >= 15 is 0 Å². The quantitative estimate of drug-likeness (QED) is 0.751. The second kappa shape index (κ2) is 5.97. The third-order valence-corrected chi connectivity index (χ3v) is 2.79. The van der Waals surface area contributed by atoms with E-state index in [0.717, 1.165) is 11.3 Å². The maximum Gasteiger partial charge on any atom is 0.471 e. The molecule has 0 aliphatic rings. The van der Waals surface area contributed by atoms with Gasteiger partial charge in [0.05, 0.1) is 12.3 Å². The summed E-state index contributed by atoms with van der Waals surface area (Å²) in [6, 6.07) is -1.70. The zero-order valence-corrected chi connectivity index (χ0v) is 10.4. The van der Waals surface area contributed by atoms with Crippen molar-refractivity contribution in [2.45, 2.75) is 19.1 Å². The van der Waals surface area contributed by atoms with Crippen LogP contribution in [-0.2, 0) is 9.59 Å². The van der Waals surface area contributed by atoms with Crippen LogP contribution < -0.4 is 10.6 Å². The van der Waals surface area contributed by atoms with Crippen molar-refractivity contribution in [2.24, 2.45) is 0 Å². The third kappa shape index (κ3) is 4.48. The second-order valence-electron chi connectivity index (χ2n) is 3.49. The van der Waals surface area contributed by atoms with Gasteiger partial charge in [-0.05, 0) is 6.92 Å². The zero-order valence-electron chi connectivity index (χ0n) is 9.61. The van der Waals surface area contributed by atoms with Gasteiger partial charge >= 0.3 is 12.1 Å². The van der Waals surface area contributed by atoms with Gasteiger partial charge in [0.2, 0.25) is 0 Å². The molecule has 1 heterocycles. The Bertz CT molecular complexity index is 475. The normalized spacial score (nSPS) is 12.9. The van der Waals surface area contributed by atoms with Crippen molar-refractivity contribution >= 4 is 28.3 Å². The van der Waals surface area contributed by atoms with Crippen LogP contribution in [0.25, 0.3) is 0 Å². The summed E-state index contributed by atoms with van der Waals surface area (Å²) in [5, 5.41) is 14.2. The van der Waals surface area contributed by atoms with Crippen molar-refractivity contribution in [3.05, 3.63) is 11.1 Å². The highest BCUT2D eigenvalue weighted by Crippen LogP contribution is 2.16. The fraction of sp³-hybridized carbons (Fsp3) is 0.444. The van der Waals surface area contributed by atoms with E-state index in [0.29, 0.717) is 5.69 Å². The molecule has 1 atom stereocenters. The van der Waals surface area contributed by atoms with Crippen molar-refractivity contribution in [3.8, 4) is 0 Å². The number of alkyl halides is 3. The van der Waals surface area contributed by atoms with Gasteiger partial charge in [-0.1, -0.05) is 0 Å². The molecule has 2 amide bonds. The maximum absolute atomic E-state index is 12.0. The Morgan fingerprint density at radius 1 is 1.53 bits per heavy atom. The molecular weight excluding hydrogens is 287 g/mol. The minimum Gasteiger partial charge on any atom is -0.394 e. The van der Waals surface area contributed by atoms with Crippen molar-refractivity contribution in [3.63, 3.8) is 0 Å². The Balaban J connectivity index is 2.64. The summed E-state index contributed by atoms with van der Waals surface area (Å²) in [5.74, 6) is -3.27. The Morgan fingerprint density at radius 3 is 2.58 bits per heavy atom. The highest BCUT2D eigenvalue weighted by molar-refractivity contribution is 7.13. The number of nitrogens with one attached hydrogen (secondary N) is 2. The monoisotopic (exact) mass is 297 g/mol. The lowest BCUT2D eigenvalue weighted by atomic mass is 10.3. The van der Waals surface area contributed by atoms with Crippen LogP contribution in [0.5, 0.6) is 0 Å². The van der Waals surface area contributed by atoms with Crippen LogP contribution in [0.2, 0.25) is 0 Å². The van der Waals surface area contributed by atoms with Gasteiger partial charge in [0.1, 0.15) is 6.04 Å². The summed E-state index contributed by atoms with van der Waals surface area (Å²) in [7, 11) is 0. The third-order valence-electron chi connectivity index (χ3n) is 1.91. The molecule has 10 heteroatoms. The lowest BCUT2D eigenvalue weighted by Crippen LogP contribution is -2.50. The molecule has 19 heavy (non-hydrogen) atoms. The van der Waals surface area contributed by atoms with Crippen LogP contribution >= 0.6 is 11.3 Å². The standard InChI is InChI=1S/C9H10F3N3O3S/c1-4-3-19-8(13-4)15-6(17)5(2-16)14-7(18)9(10,11)12/h3,5,16H,2H2,1H3,(H,14,18)(H,13,15,17)/t5-/m0/s1. The second-order valence-corrected chi connectivity index (χ2v) is 4.35. The summed E-state index contributed by atoms with van der Waals surface area (Å²) in [4.78, 5) is 26.0. The number of hydrogen-bond donors (Lipinski definition) is 3. The van der Waals surface area contributed by atoms with Gasteiger partial charge in [-0.3, -0.25) is 9.59 Å². The average molecular weight is 297 g/mol. The number of carbonyl (C=O) groups is 2. The fourth-order valence-electron chi connectivity index (χ4n) is 1.04. The smallest absolute Gasteiger partial charge is 0.394 e. The summed E-state index contributed by atoms with van der Waals surface area (Å²) < 4.78 is 36.0. The lowest BCUT2D eigenvalue weighted by molar-refractivity contribution is -0.174. The molecule has 0 fully saturated rings. The van der Waals surface area contributed by atoms with E-state index in [1.807, 2.05) is 0 Å². The molecule has 6 nitrogen and oxygen atoms in total. The highest BCUT2D eigenvalue weighted by Gasteiger charge is 2.40. The van der Waals surface area contributed by atoms with Gasteiger partial charge in [0, 0.05) is 5.38 Å². The van der Waals surface area contributed by atoms with Crippen molar-refractivity contribution < 1.29 is 27.9 Å². The van der Waals surface area contributed by atoms with Gasteiger partial charge in [-0.2, -0.15) is 13.2 Å². The molecule has 0 spiro atoms. The van der Waals surface area contributed by atoms with E-state index in [-0.39, 0.29) is 5.13 Å². The molecule has 0 saturated heterocycles. The first-order valence-corrected chi connectivity index (χ1v) is 5.83. The zero-order chi connectivity index (χ0) is 14.6. The number of aliphatic hydroxyl groups is 1. The highest BCUT2D eigenvalue weighted by atomic mass is 32.1. The van der Waals surface area contributed by atoms with Crippen LogP contribution in [0.4, 0.5) is 18.3 Å². The first kappa shape index (κ1) is 15.4. The first-order chi connectivity index (χ1) is 8.74. The van der Waals surface area contributed by atoms with Crippen molar-refractivity contribution in [1.82, 2.24) is 10.3 Å². The van der Waals surface area contributed by atoms with Crippen molar-refractivity contribution in [2.75, 3.05) is 11.9 Å². The number of aliphatic hydroxyl groups excluding tert-OH is 1. The molecule has 0 saturated carbocycles. The molecular formula is C9H10F3N3O3S. The summed E-state index contributed by atoms with van der Waals surface area (Å²) in [5.41, 5.74) is 0.625. The summed E-state index contributed by atoms with van der Waals surface area (Å²) in [6.07, 6.45) is -5.12. The number of thiazole rings is 1. The van der Waals surface area contributed by atoms with Crippen LogP contribution in [0, 0.1) is 6.92 Å². The SMILES string of the molecule is Cc1csc(NC(=O)[C@H](CO)NC(=O)C(F)(F)F)n1. The molecule has 1 aromatic rings. The Labute approximate surface area is 109 Å². The van der Waals surface area contributed by atoms with E-state index in [4.69, 9.17) is 5.11 Å². The number of amides is 2. The predicted octanol–water partition coefficient (Wildman–Crippen LogP) is 0.429. The van der Waals surface area contributed by atoms with E-state index in [1.54, 1.807) is 12.3 Å². The molecule has 1 rings (SSSR count). The van der Waals surface area contributed by atoms with Gasteiger partial charge in [0.15, 0.2) is 5.13 Å². The van der Waals surface area contributed by atoms with E-state index < -0.39 is 30.6 Å². The van der Waals surface area contributed by atoms with Gasteiger partial charge in [-0.25, -0.2) is 4.98 Å². The largest absolute Gasteiger partial charge is 0.471 e. The number of hydrogen-bond acceptors (Lipinski definition) is 5. The summed E-state index contributed by atoms with van der Waals surface area (Å²) >= 11 is 1.07. The predicted molar refractivity (Wildman–Crippen MR) is 60.6 cm³/mol. The number of anilines is 1. The van der Waals surface area contributed by atoms with E-state index in [9.17, 15) is 22.8 Å². The molecule has 0 aliphatic heterocycles. The number of carbonyl (C=O) groups excluding carboxylic acids is 2. The molecule has 0 radical (unpaired) electrons. The molecule has 0 unspecified atom stereocenters. The first-order valence-electron chi connectivity index (χ1n) is 4.95. The molecule has 1 aromatic heterocycles. The topological polar surface area (TPSA) is 91.3 Å². The van der Waals surface area contributed by atoms with E-state index in [1.165, 1.54) is 5.32 Å². The molecule has 0 aromatic carbocycles. The Morgan fingerprint density at radius 2 is 2.16 bits per heavy atom. The van der Waals surface area contributed by atoms with Crippen LogP contribution in [0.1, 0.15) is 5.69 Å². The number of nitrogens with zero attached hydrogens (tertiary/aromatic N) is 1. The average Bonchev–Trinajstić information content (AvgIpc) is 2.69. The number of halogens is 3. The van der Waals surface area contributed by atoms with Crippen LogP contribution in [0.15, 0.2) is 5.38 Å². The Hall–Kier alpha value is -1.68. The van der Waals surface area contributed by atoms with E-state index in [2.05, 4.69) is 10.3 Å². The van der Waals surface area contributed by atoms with Gasteiger partial charge < -0.3 is 15.7 Å². The number of aromatic nitrogens is 1. The fourth-order valence-corrected chi connectivity index (χ4v) is 1.73. The maximum atomic E-state index is 12.0. The lowest BCUT2D eigenvalue weighted by Gasteiger charge is -2.16. The van der Waals surface area contributed by atoms with Crippen LogP contribution in [0.3, 0.4) is 0 Å². The number of aryl methyl sites for hydroxylation is 1. The minimum atomic E-state index is -5.12. The Kier molecular flexibility index (Phi) is 4.84. The van der Waals surface area contributed by atoms with Crippen LogP contribution in [-0.4, -0.2) is 40.7 Å².